The molecule has 0 spiro atoms. The molecule has 0 fully saturated rings. The third-order valence-corrected chi connectivity index (χ3v) is 3.15. The molecule has 1 atom stereocenters. The lowest BCUT2D eigenvalue weighted by molar-refractivity contribution is -0.141. The maximum atomic E-state index is 11.7. The minimum absolute atomic E-state index is 0.0855. The van der Waals surface area contributed by atoms with Crippen molar-refractivity contribution in [2.45, 2.75) is 13.3 Å². The van der Waals surface area contributed by atoms with Gasteiger partial charge in [-0.3, -0.25) is 4.79 Å². The molecule has 0 aromatic heterocycles. The van der Waals surface area contributed by atoms with Gasteiger partial charge < -0.3 is 25.2 Å². The molecule has 0 bridgehead atoms. The lowest BCUT2D eigenvalue weighted by Gasteiger charge is -2.19. The first-order chi connectivity index (χ1) is 10.1. The van der Waals surface area contributed by atoms with Crippen molar-refractivity contribution in [1.29, 1.82) is 0 Å². The van der Waals surface area contributed by atoms with Gasteiger partial charge in [-0.1, -0.05) is 6.92 Å². The van der Waals surface area contributed by atoms with Crippen molar-refractivity contribution in [2.24, 2.45) is 5.92 Å². The van der Waals surface area contributed by atoms with Crippen LogP contribution >= 0.6 is 0 Å². The largest absolute Gasteiger partial charge is 0.486 e. The van der Waals surface area contributed by atoms with Gasteiger partial charge in [-0.05, 0) is 18.6 Å². The quantitative estimate of drug-likeness (QED) is 0.768. The van der Waals surface area contributed by atoms with E-state index in [2.05, 4.69) is 10.6 Å². The van der Waals surface area contributed by atoms with Crippen LogP contribution in [0.1, 0.15) is 13.3 Å². The first-order valence-electron chi connectivity index (χ1n) is 6.77. The number of fused-ring (bicyclic) bond motifs is 1. The van der Waals surface area contributed by atoms with Gasteiger partial charge in [0.1, 0.15) is 13.2 Å². The van der Waals surface area contributed by atoms with Gasteiger partial charge in [-0.2, -0.15) is 0 Å². The Morgan fingerprint density at radius 1 is 1.29 bits per heavy atom. The Bertz CT molecular complexity index is 532. The molecule has 7 heteroatoms. The SMILES string of the molecule is CCC(CNC(=O)Nc1ccc2c(c1)OCCO2)C(=O)O. The molecule has 1 aliphatic rings. The number of carbonyl (C=O) groups excluding carboxylic acids is 1. The number of carboxylic acid groups (broad SMARTS) is 1. The molecule has 3 N–H and O–H groups in total. The van der Waals surface area contributed by atoms with Gasteiger partial charge in [0.2, 0.25) is 0 Å². The first kappa shape index (κ1) is 15.0. The van der Waals surface area contributed by atoms with E-state index in [9.17, 15) is 9.59 Å². The van der Waals surface area contributed by atoms with E-state index in [0.29, 0.717) is 36.8 Å². The fourth-order valence-corrected chi connectivity index (χ4v) is 1.92. The Labute approximate surface area is 122 Å². The molecule has 1 aromatic carbocycles. The third kappa shape index (κ3) is 4.01. The highest BCUT2D eigenvalue weighted by Gasteiger charge is 2.16. The molecule has 0 saturated carbocycles. The predicted octanol–water partition coefficient (Wildman–Crippen LogP) is 1.69. The standard InChI is InChI=1S/C14H18N2O5/c1-2-9(13(17)18)8-15-14(19)16-10-3-4-11-12(7-10)21-6-5-20-11/h3-4,7,9H,2,5-6,8H2,1H3,(H,17,18)(H2,15,16,19). The smallest absolute Gasteiger partial charge is 0.319 e. The van der Waals surface area contributed by atoms with E-state index < -0.39 is 17.9 Å². The number of amides is 2. The van der Waals surface area contributed by atoms with Crippen molar-refractivity contribution >= 4 is 17.7 Å². The molecule has 1 aromatic rings. The van der Waals surface area contributed by atoms with Crippen LogP contribution in [0.4, 0.5) is 10.5 Å². The number of aliphatic carboxylic acids is 1. The highest BCUT2D eigenvalue weighted by atomic mass is 16.6. The minimum Gasteiger partial charge on any atom is -0.486 e. The zero-order valence-electron chi connectivity index (χ0n) is 11.7. The maximum Gasteiger partial charge on any atom is 0.319 e. The summed E-state index contributed by atoms with van der Waals surface area (Å²) in [6.45, 7) is 2.83. The van der Waals surface area contributed by atoms with Crippen LogP contribution in [0.5, 0.6) is 11.5 Å². The Morgan fingerprint density at radius 2 is 2.00 bits per heavy atom. The molecular formula is C14H18N2O5. The monoisotopic (exact) mass is 294 g/mol. The molecule has 0 aliphatic carbocycles. The summed E-state index contributed by atoms with van der Waals surface area (Å²) in [6, 6.07) is 4.63. The number of anilines is 1. The molecule has 2 amide bonds. The first-order valence-corrected chi connectivity index (χ1v) is 6.77. The van der Waals surface area contributed by atoms with Gasteiger partial charge in [-0.25, -0.2) is 4.79 Å². The third-order valence-electron chi connectivity index (χ3n) is 3.15. The molecular weight excluding hydrogens is 276 g/mol. The number of ether oxygens (including phenoxy) is 2. The topological polar surface area (TPSA) is 96.9 Å². The molecule has 114 valence electrons. The van der Waals surface area contributed by atoms with E-state index >= 15 is 0 Å². The van der Waals surface area contributed by atoms with Crippen molar-refractivity contribution < 1.29 is 24.2 Å². The number of hydrogen-bond donors (Lipinski definition) is 3. The van der Waals surface area contributed by atoms with Gasteiger partial charge in [-0.15, -0.1) is 0 Å². The number of benzene rings is 1. The molecule has 0 radical (unpaired) electrons. The molecule has 21 heavy (non-hydrogen) atoms. The zero-order valence-corrected chi connectivity index (χ0v) is 11.7. The molecule has 1 unspecified atom stereocenters. The summed E-state index contributed by atoms with van der Waals surface area (Å²) in [5.74, 6) is -0.284. The van der Waals surface area contributed by atoms with E-state index in [1.165, 1.54) is 0 Å². The Balaban J connectivity index is 1.89. The van der Waals surface area contributed by atoms with Crippen LogP contribution in [0.2, 0.25) is 0 Å². The van der Waals surface area contributed by atoms with Gasteiger partial charge in [0.25, 0.3) is 0 Å². The number of carbonyl (C=O) groups is 2. The highest BCUT2D eigenvalue weighted by molar-refractivity contribution is 5.90. The molecule has 0 saturated heterocycles. The van der Waals surface area contributed by atoms with Crippen molar-refractivity contribution in [3.8, 4) is 11.5 Å². The number of nitrogens with one attached hydrogen (secondary N) is 2. The average molecular weight is 294 g/mol. The van der Waals surface area contributed by atoms with E-state index in [-0.39, 0.29) is 6.54 Å². The molecule has 1 heterocycles. The van der Waals surface area contributed by atoms with E-state index in [0.717, 1.165) is 0 Å². The summed E-state index contributed by atoms with van der Waals surface area (Å²) < 4.78 is 10.8. The summed E-state index contributed by atoms with van der Waals surface area (Å²) >= 11 is 0. The number of hydrogen-bond acceptors (Lipinski definition) is 4. The summed E-state index contributed by atoms with van der Waals surface area (Å²) in [5, 5.41) is 14.1. The average Bonchev–Trinajstić information content (AvgIpc) is 2.47. The normalized spacial score (nSPS) is 14.1. The lowest BCUT2D eigenvalue weighted by Crippen LogP contribution is -2.35. The Morgan fingerprint density at radius 3 is 2.67 bits per heavy atom. The van der Waals surface area contributed by atoms with Crippen LogP contribution < -0.4 is 20.1 Å². The second-order valence-corrected chi connectivity index (χ2v) is 4.64. The maximum absolute atomic E-state index is 11.7. The van der Waals surface area contributed by atoms with E-state index in [1.54, 1.807) is 25.1 Å². The number of rotatable bonds is 5. The van der Waals surface area contributed by atoms with Crippen molar-refractivity contribution in [3.63, 3.8) is 0 Å². The van der Waals surface area contributed by atoms with Crippen LogP contribution in [-0.4, -0.2) is 36.9 Å². The Kier molecular flexibility index (Phi) is 4.86. The van der Waals surface area contributed by atoms with Crippen molar-refractivity contribution in [2.75, 3.05) is 25.1 Å². The van der Waals surface area contributed by atoms with Gasteiger partial charge >= 0.3 is 12.0 Å². The minimum atomic E-state index is -0.919. The summed E-state index contributed by atoms with van der Waals surface area (Å²) in [4.78, 5) is 22.6. The highest BCUT2D eigenvalue weighted by Crippen LogP contribution is 2.32. The fourth-order valence-electron chi connectivity index (χ4n) is 1.92. The van der Waals surface area contributed by atoms with Crippen LogP contribution in [0.3, 0.4) is 0 Å². The Hall–Kier alpha value is -2.44. The zero-order chi connectivity index (χ0) is 15.2. The predicted molar refractivity (Wildman–Crippen MR) is 75.9 cm³/mol. The van der Waals surface area contributed by atoms with Crippen LogP contribution in [0.25, 0.3) is 0 Å². The molecule has 7 nitrogen and oxygen atoms in total. The van der Waals surface area contributed by atoms with Crippen molar-refractivity contribution in [3.05, 3.63) is 18.2 Å². The van der Waals surface area contributed by atoms with Crippen molar-refractivity contribution in [1.82, 2.24) is 5.32 Å². The second kappa shape index (κ2) is 6.83. The molecule has 1 aliphatic heterocycles. The van der Waals surface area contributed by atoms with Gasteiger partial charge in [0.15, 0.2) is 11.5 Å². The van der Waals surface area contributed by atoms with Crippen LogP contribution in [0, 0.1) is 5.92 Å². The van der Waals surface area contributed by atoms with Crippen LogP contribution in [-0.2, 0) is 4.79 Å². The summed E-state index contributed by atoms with van der Waals surface area (Å²) in [5.41, 5.74) is 0.556. The second-order valence-electron chi connectivity index (χ2n) is 4.64. The van der Waals surface area contributed by atoms with E-state index in [4.69, 9.17) is 14.6 Å². The van der Waals surface area contributed by atoms with E-state index in [1.807, 2.05) is 0 Å². The summed E-state index contributed by atoms with van der Waals surface area (Å²) in [7, 11) is 0. The fraction of sp³-hybridized carbons (Fsp3) is 0.429. The molecule has 2 rings (SSSR count). The van der Waals surface area contributed by atoms with Gasteiger partial charge in [0.05, 0.1) is 5.92 Å². The summed E-state index contributed by atoms with van der Waals surface area (Å²) in [6.07, 6.45) is 0.458. The lowest BCUT2D eigenvalue weighted by atomic mass is 10.1. The van der Waals surface area contributed by atoms with Gasteiger partial charge in [0, 0.05) is 18.3 Å². The number of urea groups is 1. The van der Waals surface area contributed by atoms with Crippen LogP contribution in [0.15, 0.2) is 18.2 Å². The number of carboxylic acids is 1.